The SMILES string of the molecule is Cc1c(C(F)(F)F)cccc1C1(S(=O)(=O)Cc2ccccc2-c2cccs2)NNC2C(=O)NC=CN21. The predicted molar refractivity (Wildman–Crippen MR) is 129 cm³/mol. The number of alkyl halides is 3. The Kier molecular flexibility index (Phi) is 5.94. The minimum Gasteiger partial charge on any atom is -0.328 e. The summed E-state index contributed by atoms with van der Waals surface area (Å²) in [5, 5.41) is 4.36. The number of thiophene rings is 1. The molecule has 5 rings (SSSR count). The van der Waals surface area contributed by atoms with Crippen molar-refractivity contribution >= 4 is 27.1 Å². The number of nitrogens with one attached hydrogen (secondary N) is 3. The van der Waals surface area contributed by atoms with E-state index < -0.39 is 44.4 Å². The maximum atomic E-state index is 14.3. The summed E-state index contributed by atoms with van der Waals surface area (Å²) in [7, 11) is -4.36. The summed E-state index contributed by atoms with van der Waals surface area (Å²) >= 11 is 1.45. The van der Waals surface area contributed by atoms with Crippen LogP contribution in [-0.2, 0) is 31.6 Å². The molecule has 1 saturated heterocycles. The molecule has 3 heterocycles. The zero-order chi connectivity index (χ0) is 25.7. The van der Waals surface area contributed by atoms with Gasteiger partial charge in [-0.05, 0) is 41.1 Å². The topological polar surface area (TPSA) is 90.5 Å². The van der Waals surface area contributed by atoms with E-state index in [0.717, 1.165) is 10.9 Å². The highest BCUT2D eigenvalue weighted by Crippen LogP contribution is 2.44. The Morgan fingerprint density at radius 3 is 2.58 bits per heavy atom. The van der Waals surface area contributed by atoms with Crippen molar-refractivity contribution in [3.8, 4) is 10.4 Å². The van der Waals surface area contributed by atoms with Gasteiger partial charge in [-0.15, -0.1) is 11.3 Å². The predicted octanol–water partition coefficient (Wildman–Crippen LogP) is 3.80. The Balaban J connectivity index is 1.71. The fourth-order valence-electron chi connectivity index (χ4n) is 4.69. The molecule has 36 heavy (non-hydrogen) atoms. The van der Waals surface area contributed by atoms with E-state index in [1.165, 1.54) is 47.7 Å². The number of rotatable bonds is 5. The summed E-state index contributed by atoms with van der Waals surface area (Å²) in [5.41, 5.74) is 5.24. The van der Waals surface area contributed by atoms with Crippen LogP contribution >= 0.6 is 11.3 Å². The van der Waals surface area contributed by atoms with E-state index in [1.807, 2.05) is 17.5 Å². The molecule has 1 aromatic heterocycles. The molecule has 2 aromatic carbocycles. The lowest BCUT2D eigenvalue weighted by molar-refractivity contribution is -0.138. The molecule has 2 aliphatic rings. The van der Waals surface area contributed by atoms with E-state index in [9.17, 15) is 26.4 Å². The Hall–Kier alpha value is -3.19. The second kappa shape index (κ2) is 8.73. The van der Waals surface area contributed by atoms with Gasteiger partial charge >= 0.3 is 6.18 Å². The quantitative estimate of drug-likeness (QED) is 0.462. The van der Waals surface area contributed by atoms with Crippen molar-refractivity contribution in [2.24, 2.45) is 0 Å². The summed E-state index contributed by atoms with van der Waals surface area (Å²) in [6.07, 6.45) is -3.25. The molecule has 3 N–H and O–H groups in total. The number of fused-ring (bicyclic) bond motifs is 1. The van der Waals surface area contributed by atoms with Gasteiger partial charge in [0.2, 0.25) is 4.99 Å². The summed E-state index contributed by atoms with van der Waals surface area (Å²) in [5.74, 6) is -1.05. The summed E-state index contributed by atoms with van der Waals surface area (Å²) in [6.45, 7) is 1.23. The molecule has 2 unspecified atom stereocenters. The van der Waals surface area contributed by atoms with E-state index in [0.29, 0.717) is 11.1 Å². The van der Waals surface area contributed by atoms with Gasteiger partial charge in [-0.1, -0.05) is 42.5 Å². The Labute approximate surface area is 209 Å². The molecular weight excluding hydrogens is 513 g/mol. The van der Waals surface area contributed by atoms with Gasteiger partial charge in [0.1, 0.15) is 0 Å². The summed E-state index contributed by atoms with van der Waals surface area (Å²) in [6, 6.07) is 14.1. The van der Waals surface area contributed by atoms with Crippen molar-refractivity contribution < 1.29 is 26.4 Å². The van der Waals surface area contributed by atoms with Crippen LogP contribution in [0.4, 0.5) is 13.2 Å². The normalized spacial score (nSPS) is 21.9. The maximum Gasteiger partial charge on any atom is 0.416 e. The van der Waals surface area contributed by atoms with Crippen LogP contribution in [0, 0.1) is 6.92 Å². The van der Waals surface area contributed by atoms with E-state index >= 15 is 0 Å². The lowest BCUT2D eigenvalue weighted by Gasteiger charge is -2.40. The summed E-state index contributed by atoms with van der Waals surface area (Å²) < 4.78 is 70.1. The number of carbonyl (C=O) groups excluding carboxylic acids is 1. The molecule has 1 amide bonds. The molecule has 188 valence electrons. The third kappa shape index (κ3) is 3.81. The van der Waals surface area contributed by atoms with Gasteiger partial charge < -0.3 is 10.2 Å². The van der Waals surface area contributed by atoms with E-state index in [-0.39, 0.29) is 11.1 Å². The first-order valence-electron chi connectivity index (χ1n) is 10.9. The third-order valence-corrected chi connectivity index (χ3v) is 9.36. The molecule has 0 aliphatic carbocycles. The van der Waals surface area contributed by atoms with Crippen LogP contribution in [0.5, 0.6) is 0 Å². The highest BCUT2D eigenvalue weighted by atomic mass is 32.2. The van der Waals surface area contributed by atoms with E-state index in [4.69, 9.17) is 0 Å². The van der Waals surface area contributed by atoms with Gasteiger partial charge in [0.25, 0.3) is 5.91 Å². The summed E-state index contributed by atoms with van der Waals surface area (Å²) in [4.78, 5) is 12.4. The van der Waals surface area contributed by atoms with Crippen LogP contribution in [0.1, 0.15) is 22.3 Å². The number of carbonyl (C=O) groups is 1. The van der Waals surface area contributed by atoms with E-state index in [2.05, 4.69) is 16.2 Å². The van der Waals surface area contributed by atoms with Crippen LogP contribution in [0.3, 0.4) is 0 Å². The van der Waals surface area contributed by atoms with Crippen LogP contribution in [0.2, 0.25) is 0 Å². The zero-order valence-electron chi connectivity index (χ0n) is 18.8. The number of benzene rings is 2. The van der Waals surface area contributed by atoms with E-state index in [1.54, 1.807) is 24.3 Å². The van der Waals surface area contributed by atoms with Crippen molar-refractivity contribution in [2.45, 2.75) is 30.0 Å². The first kappa shape index (κ1) is 24.5. The van der Waals surface area contributed by atoms with Gasteiger partial charge in [0.05, 0.1) is 11.3 Å². The second-order valence-electron chi connectivity index (χ2n) is 8.42. The Morgan fingerprint density at radius 1 is 1.08 bits per heavy atom. The van der Waals surface area contributed by atoms with Crippen molar-refractivity contribution in [1.29, 1.82) is 0 Å². The maximum absolute atomic E-state index is 14.3. The molecule has 0 spiro atoms. The average molecular weight is 535 g/mol. The first-order chi connectivity index (χ1) is 17.1. The van der Waals surface area contributed by atoms with Crippen LogP contribution in [0.25, 0.3) is 10.4 Å². The third-order valence-electron chi connectivity index (χ3n) is 6.33. The fourth-order valence-corrected chi connectivity index (χ4v) is 7.61. The Morgan fingerprint density at radius 2 is 1.86 bits per heavy atom. The van der Waals surface area contributed by atoms with Crippen LogP contribution in [-0.4, -0.2) is 25.4 Å². The molecule has 2 atom stereocenters. The monoisotopic (exact) mass is 534 g/mol. The van der Waals surface area contributed by atoms with Gasteiger partial charge in [-0.3, -0.25) is 4.79 Å². The van der Waals surface area contributed by atoms with Gasteiger partial charge in [-0.25, -0.2) is 19.3 Å². The van der Waals surface area contributed by atoms with Crippen molar-refractivity contribution in [3.63, 3.8) is 0 Å². The Bertz CT molecular complexity index is 1460. The van der Waals surface area contributed by atoms with Crippen LogP contribution in [0.15, 0.2) is 72.4 Å². The van der Waals surface area contributed by atoms with Gasteiger partial charge in [0, 0.05) is 22.8 Å². The number of hydrogen-bond acceptors (Lipinski definition) is 7. The number of sulfone groups is 1. The lowest BCUT2D eigenvalue weighted by Crippen LogP contribution is -2.57. The number of hydrazine groups is 1. The number of hydrogen-bond donors (Lipinski definition) is 3. The minimum atomic E-state index is -4.70. The largest absolute Gasteiger partial charge is 0.416 e. The number of amides is 1. The fraction of sp³-hybridized carbons (Fsp3) is 0.208. The molecule has 12 heteroatoms. The molecule has 3 aromatic rings. The van der Waals surface area contributed by atoms with Gasteiger partial charge in [-0.2, -0.15) is 13.2 Å². The van der Waals surface area contributed by atoms with Crippen LogP contribution < -0.4 is 16.2 Å². The molecule has 0 bridgehead atoms. The molecule has 1 fully saturated rings. The van der Waals surface area contributed by atoms with Gasteiger partial charge in [0.15, 0.2) is 16.0 Å². The number of halogens is 3. The second-order valence-corrected chi connectivity index (χ2v) is 11.5. The van der Waals surface area contributed by atoms with Crippen molar-refractivity contribution in [1.82, 2.24) is 21.1 Å². The van der Waals surface area contributed by atoms with Crippen molar-refractivity contribution in [3.05, 3.63) is 94.6 Å². The first-order valence-corrected chi connectivity index (χ1v) is 13.4. The lowest BCUT2D eigenvalue weighted by atomic mass is 9.99. The minimum absolute atomic E-state index is 0.125. The number of nitrogens with zero attached hydrogens (tertiary/aromatic N) is 1. The molecular formula is C24H21F3N4O3S2. The highest BCUT2D eigenvalue weighted by molar-refractivity contribution is 7.91. The molecule has 0 radical (unpaired) electrons. The smallest absolute Gasteiger partial charge is 0.328 e. The molecule has 0 saturated carbocycles. The average Bonchev–Trinajstić information content (AvgIpc) is 3.48. The zero-order valence-corrected chi connectivity index (χ0v) is 20.5. The molecule has 7 nitrogen and oxygen atoms in total. The highest BCUT2D eigenvalue weighted by Gasteiger charge is 2.59. The van der Waals surface area contributed by atoms with Crippen molar-refractivity contribution in [2.75, 3.05) is 0 Å². The molecule has 2 aliphatic heterocycles. The standard InChI is InChI=1S/C24H21F3N4O3S2/c1-15-18(23(25,26)27)8-4-9-19(15)24(30-29-21-22(32)28-11-12-31(21)24)36(33,34)14-16-6-2-3-7-17(16)20-10-5-13-35-20/h2-13,21,29-30H,14H2,1H3,(H,28,32).